The first-order valence-electron chi connectivity index (χ1n) is 6.55. The van der Waals surface area contributed by atoms with Gasteiger partial charge in [-0.05, 0) is 51.9 Å². The molecule has 2 saturated heterocycles. The van der Waals surface area contributed by atoms with Crippen molar-refractivity contribution >= 4 is 11.8 Å². The molecule has 0 aromatic rings. The monoisotopic (exact) mass is 239 g/mol. The second-order valence-corrected chi connectivity index (χ2v) is 4.86. The topological polar surface area (TPSA) is 61.4 Å². The zero-order chi connectivity index (χ0) is 12.1. The summed E-state index contributed by atoms with van der Waals surface area (Å²) in [5.74, 6) is -0.312. The van der Waals surface area contributed by atoms with E-state index in [4.69, 9.17) is 0 Å². The Balaban J connectivity index is 1.58. The molecule has 0 radical (unpaired) electrons. The smallest absolute Gasteiger partial charge is 0.243 e. The summed E-state index contributed by atoms with van der Waals surface area (Å²) in [7, 11) is 0. The predicted molar refractivity (Wildman–Crippen MR) is 64.5 cm³/mol. The molecule has 0 spiro atoms. The van der Waals surface area contributed by atoms with Crippen LogP contribution in [0.2, 0.25) is 0 Å². The summed E-state index contributed by atoms with van der Waals surface area (Å²) in [6, 6.07) is -0.175. The lowest BCUT2D eigenvalue weighted by Crippen LogP contribution is -2.51. The molecular formula is C12H21N3O2. The average Bonchev–Trinajstić information content (AvgIpc) is 2.79. The van der Waals surface area contributed by atoms with Gasteiger partial charge in [0.15, 0.2) is 0 Å². The minimum absolute atomic E-state index is 0.148. The third-order valence-corrected chi connectivity index (χ3v) is 3.48. The summed E-state index contributed by atoms with van der Waals surface area (Å²) >= 11 is 0. The number of nitrogens with one attached hydrogen (secondary N) is 2. The molecule has 2 rings (SSSR count). The van der Waals surface area contributed by atoms with Crippen molar-refractivity contribution in [2.24, 2.45) is 0 Å². The van der Waals surface area contributed by atoms with Crippen LogP contribution in [0, 0.1) is 0 Å². The number of imide groups is 1. The van der Waals surface area contributed by atoms with Crippen LogP contribution >= 0.6 is 0 Å². The number of rotatable bonds is 5. The fraction of sp³-hybridized carbons (Fsp3) is 0.833. The summed E-state index contributed by atoms with van der Waals surface area (Å²) in [6.07, 6.45) is 4.79. The Bertz CT molecular complexity index is 287. The summed E-state index contributed by atoms with van der Waals surface area (Å²) in [5.41, 5.74) is 0. The van der Waals surface area contributed by atoms with Crippen molar-refractivity contribution in [2.45, 2.75) is 38.1 Å². The molecule has 2 N–H and O–H groups in total. The van der Waals surface area contributed by atoms with E-state index in [1.54, 1.807) is 0 Å². The first-order valence-corrected chi connectivity index (χ1v) is 6.55. The molecule has 2 heterocycles. The fourth-order valence-electron chi connectivity index (χ4n) is 2.47. The Morgan fingerprint density at radius 2 is 2.06 bits per heavy atom. The van der Waals surface area contributed by atoms with Gasteiger partial charge in [0.05, 0.1) is 6.04 Å². The van der Waals surface area contributed by atoms with Gasteiger partial charge in [0, 0.05) is 6.42 Å². The number of likely N-dealkylation sites (tertiary alicyclic amines) is 1. The number of piperidine rings is 1. The molecule has 0 saturated carbocycles. The van der Waals surface area contributed by atoms with Crippen LogP contribution in [0.5, 0.6) is 0 Å². The number of carbonyl (C=O) groups is 2. The van der Waals surface area contributed by atoms with Crippen molar-refractivity contribution in [2.75, 3.05) is 26.2 Å². The van der Waals surface area contributed by atoms with Crippen LogP contribution in [0.4, 0.5) is 0 Å². The second-order valence-electron chi connectivity index (χ2n) is 4.86. The number of nitrogens with zero attached hydrogens (tertiary/aromatic N) is 1. The molecule has 0 bridgehead atoms. The number of hydrogen-bond acceptors (Lipinski definition) is 4. The van der Waals surface area contributed by atoms with E-state index in [-0.39, 0.29) is 17.9 Å². The van der Waals surface area contributed by atoms with Crippen LogP contribution in [0.15, 0.2) is 0 Å². The first kappa shape index (κ1) is 12.5. The normalized spacial score (nSPS) is 26.2. The molecule has 17 heavy (non-hydrogen) atoms. The second kappa shape index (κ2) is 6.12. The third kappa shape index (κ3) is 3.78. The highest BCUT2D eigenvalue weighted by atomic mass is 16.2. The van der Waals surface area contributed by atoms with Crippen molar-refractivity contribution in [1.82, 2.24) is 15.5 Å². The molecule has 2 aliphatic heterocycles. The number of amides is 2. The molecular weight excluding hydrogens is 218 g/mol. The highest BCUT2D eigenvalue weighted by Crippen LogP contribution is 2.07. The molecule has 0 aliphatic carbocycles. The van der Waals surface area contributed by atoms with Crippen LogP contribution < -0.4 is 10.6 Å². The maximum Gasteiger partial charge on any atom is 0.243 e. The highest BCUT2D eigenvalue weighted by Gasteiger charge is 2.25. The van der Waals surface area contributed by atoms with E-state index in [0.29, 0.717) is 12.8 Å². The summed E-state index contributed by atoms with van der Waals surface area (Å²) in [5, 5.41) is 5.59. The van der Waals surface area contributed by atoms with E-state index in [0.717, 1.165) is 19.5 Å². The predicted octanol–water partition coefficient (Wildman–Crippen LogP) is -0.133. The maximum atomic E-state index is 11.5. The zero-order valence-corrected chi connectivity index (χ0v) is 10.2. The van der Waals surface area contributed by atoms with Gasteiger partial charge in [0.25, 0.3) is 0 Å². The lowest BCUT2D eigenvalue weighted by molar-refractivity contribution is -0.134. The van der Waals surface area contributed by atoms with Crippen molar-refractivity contribution in [1.29, 1.82) is 0 Å². The molecule has 0 aromatic heterocycles. The lowest BCUT2D eigenvalue weighted by Gasteiger charge is -2.22. The van der Waals surface area contributed by atoms with Crippen molar-refractivity contribution in [3.05, 3.63) is 0 Å². The average molecular weight is 239 g/mol. The van der Waals surface area contributed by atoms with E-state index in [9.17, 15) is 9.59 Å². The Kier molecular flexibility index (Phi) is 4.50. The number of hydrogen-bond donors (Lipinski definition) is 2. The summed E-state index contributed by atoms with van der Waals surface area (Å²) in [6.45, 7) is 4.40. The van der Waals surface area contributed by atoms with Crippen molar-refractivity contribution < 1.29 is 9.59 Å². The van der Waals surface area contributed by atoms with Crippen LogP contribution in [0.1, 0.15) is 32.1 Å². The van der Waals surface area contributed by atoms with Gasteiger partial charge in [-0.3, -0.25) is 14.9 Å². The molecule has 1 atom stereocenters. The minimum Gasteiger partial charge on any atom is -0.306 e. The molecule has 2 aliphatic rings. The van der Waals surface area contributed by atoms with E-state index in [1.165, 1.54) is 25.9 Å². The Hall–Kier alpha value is -0.940. The Labute approximate surface area is 102 Å². The maximum absolute atomic E-state index is 11.5. The largest absolute Gasteiger partial charge is 0.306 e. The minimum atomic E-state index is -0.175. The van der Waals surface area contributed by atoms with Crippen LogP contribution in [-0.2, 0) is 9.59 Å². The van der Waals surface area contributed by atoms with Crippen molar-refractivity contribution in [3.8, 4) is 0 Å². The van der Waals surface area contributed by atoms with Gasteiger partial charge in [0.2, 0.25) is 11.8 Å². The molecule has 1 unspecified atom stereocenters. The van der Waals surface area contributed by atoms with E-state index in [2.05, 4.69) is 15.5 Å². The van der Waals surface area contributed by atoms with Gasteiger partial charge in [-0.15, -0.1) is 0 Å². The van der Waals surface area contributed by atoms with Crippen molar-refractivity contribution in [3.63, 3.8) is 0 Å². The molecule has 2 amide bonds. The highest BCUT2D eigenvalue weighted by molar-refractivity contribution is 6.00. The van der Waals surface area contributed by atoms with Gasteiger partial charge in [-0.2, -0.15) is 0 Å². The van der Waals surface area contributed by atoms with Crippen LogP contribution in [0.25, 0.3) is 0 Å². The van der Waals surface area contributed by atoms with E-state index < -0.39 is 0 Å². The van der Waals surface area contributed by atoms with Crippen LogP contribution in [-0.4, -0.2) is 48.9 Å². The Morgan fingerprint density at radius 3 is 2.76 bits per heavy atom. The molecule has 5 nitrogen and oxygen atoms in total. The standard InChI is InChI=1S/C12H21N3O2/c16-11-5-4-10(12(17)14-11)13-6-3-9-15-7-1-2-8-15/h10,13H,1-9H2,(H,14,16,17). The van der Waals surface area contributed by atoms with Gasteiger partial charge < -0.3 is 10.2 Å². The SMILES string of the molecule is O=C1CCC(NCCCN2CCCC2)C(=O)N1. The first-order chi connectivity index (χ1) is 8.25. The lowest BCUT2D eigenvalue weighted by atomic mass is 10.1. The quantitative estimate of drug-likeness (QED) is 0.518. The van der Waals surface area contributed by atoms with Gasteiger partial charge in [-0.25, -0.2) is 0 Å². The third-order valence-electron chi connectivity index (χ3n) is 3.48. The Morgan fingerprint density at radius 1 is 1.29 bits per heavy atom. The summed E-state index contributed by atoms with van der Waals surface area (Å²) in [4.78, 5) is 24.9. The van der Waals surface area contributed by atoms with E-state index >= 15 is 0 Å². The van der Waals surface area contributed by atoms with Crippen LogP contribution in [0.3, 0.4) is 0 Å². The van der Waals surface area contributed by atoms with Gasteiger partial charge in [0.1, 0.15) is 0 Å². The van der Waals surface area contributed by atoms with Gasteiger partial charge in [-0.1, -0.05) is 0 Å². The number of carbonyl (C=O) groups excluding carboxylic acids is 2. The zero-order valence-electron chi connectivity index (χ0n) is 10.2. The molecule has 2 fully saturated rings. The fourth-order valence-corrected chi connectivity index (χ4v) is 2.47. The molecule has 96 valence electrons. The summed E-state index contributed by atoms with van der Waals surface area (Å²) < 4.78 is 0. The van der Waals surface area contributed by atoms with E-state index in [1.807, 2.05) is 0 Å². The van der Waals surface area contributed by atoms with Gasteiger partial charge >= 0.3 is 0 Å². The molecule has 0 aromatic carbocycles. The molecule has 5 heteroatoms.